The lowest BCUT2D eigenvalue weighted by molar-refractivity contribution is -0.122. The molecule has 1 aromatic carbocycles. The van der Waals surface area contributed by atoms with Gasteiger partial charge in [0, 0.05) is 13.2 Å². The zero-order chi connectivity index (χ0) is 18.9. The van der Waals surface area contributed by atoms with Crippen molar-refractivity contribution in [3.05, 3.63) is 24.3 Å². The lowest BCUT2D eigenvalue weighted by Gasteiger charge is -2.15. The van der Waals surface area contributed by atoms with Gasteiger partial charge in [0.25, 0.3) is 0 Å². The molecular weight excluding hydrogens is 344 g/mol. The second-order valence-corrected chi connectivity index (χ2v) is 7.53. The van der Waals surface area contributed by atoms with Crippen LogP contribution in [0.2, 0.25) is 0 Å². The number of sulfonamides is 1. The van der Waals surface area contributed by atoms with E-state index in [1.165, 1.54) is 19.1 Å². The van der Waals surface area contributed by atoms with Gasteiger partial charge in [-0.2, -0.15) is 4.72 Å². The zero-order valence-corrected chi connectivity index (χ0v) is 16.1. The van der Waals surface area contributed by atoms with Crippen LogP contribution in [0.1, 0.15) is 34.1 Å². The number of carbonyl (C=O) groups is 1. The molecule has 25 heavy (non-hydrogen) atoms. The minimum absolute atomic E-state index is 0.0842. The fourth-order valence-corrected chi connectivity index (χ4v) is 3.19. The number of benzene rings is 1. The minimum Gasteiger partial charge on any atom is -0.494 e. The Bertz CT molecular complexity index is 629. The third-order valence-electron chi connectivity index (χ3n) is 3.24. The molecule has 0 bridgehead atoms. The highest BCUT2D eigenvalue weighted by molar-refractivity contribution is 7.89. The highest BCUT2D eigenvalue weighted by atomic mass is 32.2. The Kier molecular flexibility index (Phi) is 8.88. The van der Waals surface area contributed by atoms with Crippen molar-refractivity contribution in [2.75, 3.05) is 19.8 Å². The van der Waals surface area contributed by atoms with Gasteiger partial charge in [-0.25, -0.2) is 8.42 Å². The summed E-state index contributed by atoms with van der Waals surface area (Å²) in [6, 6.07) is 5.18. The van der Waals surface area contributed by atoms with E-state index < -0.39 is 16.1 Å². The Balaban J connectivity index is 2.50. The Hall–Kier alpha value is -1.64. The van der Waals surface area contributed by atoms with E-state index in [0.29, 0.717) is 31.9 Å². The number of nitrogens with one attached hydrogen (secondary N) is 2. The number of ether oxygens (including phenoxy) is 2. The first kappa shape index (κ1) is 21.4. The van der Waals surface area contributed by atoms with Gasteiger partial charge in [0.1, 0.15) is 5.75 Å². The zero-order valence-electron chi connectivity index (χ0n) is 15.2. The number of carbonyl (C=O) groups excluding carboxylic acids is 1. The summed E-state index contributed by atoms with van der Waals surface area (Å²) in [4.78, 5) is 12.1. The third-order valence-corrected chi connectivity index (χ3v) is 4.80. The Labute approximate surface area is 150 Å². The summed E-state index contributed by atoms with van der Waals surface area (Å²) in [6.45, 7) is 8.72. The number of hydrogen-bond acceptors (Lipinski definition) is 5. The van der Waals surface area contributed by atoms with Crippen molar-refractivity contribution in [3.63, 3.8) is 0 Å². The molecule has 0 saturated carbocycles. The van der Waals surface area contributed by atoms with Crippen LogP contribution < -0.4 is 14.8 Å². The molecule has 1 amide bonds. The largest absolute Gasteiger partial charge is 0.494 e. The average Bonchev–Trinajstić information content (AvgIpc) is 2.54. The Morgan fingerprint density at radius 2 is 1.80 bits per heavy atom. The van der Waals surface area contributed by atoms with E-state index in [9.17, 15) is 13.2 Å². The second-order valence-electron chi connectivity index (χ2n) is 5.81. The van der Waals surface area contributed by atoms with E-state index >= 15 is 0 Å². The van der Waals surface area contributed by atoms with E-state index in [4.69, 9.17) is 9.47 Å². The van der Waals surface area contributed by atoms with Crippen LogP contribution in [0.4, 0.5) is 0 Å². The molecule has 1 atom stereocenters. The van der Waals surface area contributed by atoms with E-state index in [1.807, 2.05) is 20.8 Å². The molecule has 0 spiro atoms. The van der Waals surface area contributed by atoms with Crippen LogP contribution in [0.5, 0.6) is 5.75 Å². The van der Waals surface area contributed by atoms with Crippen molar-refractivity contribution in [2.45, 2.75) is 51.2 Å². The molecule has 0 radical (unpaired) electrons. The number of amides is 1. The van der Waals surface area contributed by atoms with Crippen molar-refractivity contribution < 1.29 is 22.7 Å². The maximum atomic E-state index is 12.3. The predicted molar refractivity (Wildman–Crippen MR) is 96.1 cm³/mol. The fraction of sp³-hybridized carbons (Fsp3) is 0.588. The Morgan fingerprint density at radius 3 is 2.36 bits per heavy atom. The van der Waals surface area contributed by atoms with E-state index in [1.54, 1.807) is 12.1 Å². The van der Waals surface area contributed by atoms with Crippen LogP contribution in [-0.2, 0) is 19.6 Å². The van der Waals surface area contributed by atoms with Crippen LogP contribution in [0, 0.1) is 0 Å². The van der Waals surface area contributed by atoms with Crippen LogP contribution in [0.25, 0.3) is 0 Å². The standard InChI is InChI=1S/C17H28N2O5S/c1-5-23-15-7-9-16(10-8-15)25(21,22)19-14(4)17(20)18-11-6-12-24-13(2)3/h7-10,13-14,19H,5-6,11-12H2,1-4H3,(H,18,20)/t14-/m0/s1. The summed E-state index contributed by atoms with van der Waals surface area (Å²) in [5.41, 5.74) is 0. The summed E-state index contributed by atoms with van der Waals surface area (Å²) in [7, 11) is -3.77. The quantitative estimate of drug-likeness (QED) is 0.577. The number of hydrogen-bond donors (Lipinski definition) is 2. The van der Waals surface area contributed by atoms with Gasteiger partial charge in [0.15, 0.2) is 0 Å². The van der Waals surface area contributed by atoms with Crippen LogP contribution >= 0.6 is 0 Å². The second kappa shape index (κ2) is 10.4. The molecule has 0 fully saturated rings. The molecule has 0 aromatic heterocycles. The molecule has 1 aromatic rings. The molecule has 2 N–H and O–H groups in total. The summed E-state index contributed by atoms with van der Waals surface area (Å²) < 4.78 is 37.7. The van der Waals surface area contributed by atoms with Gasteiger partial charge < -0.3 is 14.8 Å². The maximum absolute atomic E-state index is 12.3. The molecule has 0 unspecified atom stereocenters. The fourth-order valence-electron chi connectivity index (χ4n) is 1.99. The summed E-state index contributed by atoms with van der Waals surface area (Å²) in [5, 5.41) is 2.69. The van der Waals surface area contributed by atoms with Gasteiger partial charge in [-0.1, -0.05) is 0 Å². The molecule has 142 valence electrons. The summed E-state index contributed by atoms with van der Waals surface area (Å²) in [5.74, 6) is 0.218. The number of rotatable bonds is 11. The van der Waals surface area contributed by atoms with Crippen molar-refractivity contribution in [2.24, 2.45) is 0 Å². The van der Waals surface area contributed by atoms with Crippen molar-refractivity contribution in [1.29, 1.82) is 0 Å². The Morgan fingerprint density at radius 1 is 1.16 bits per heavy atom. The van der Waals surface area contributed by atoms with E-state index in [-0.39, 0.29) is 16.9 Å². The molecule has 0 aliphatic carbocycles. The summed E-state index contributed by atoms with van der Waals surface area (Å²) in [6.07, 6.45) is 0.818. The van der Waals surface area contributed by atoms with Gasteiger partial charge in [-0.15, -0.1) is 0 Å². The first-order valence-electron chi connectivity index (χ1n) is 8.40. The SMILES string of the molecule is CCOc1ccc(S(=O)(=O)N[C@@H](C)C(=O)NCCCOC(C)C)cc1. The topological polar surface area (TPSA) is 93.7 Å². The molecule has 0 heterocycles. The van der Waals surface area contributed by atoms with E-state index in [2.05, 4.69) is 10.0 Å². The van der Waals surface area contributed by atoms with Gasteiger partial charge in [0.2, 0.25) is 15.9 Å². The lowest BCUT2D eigenvalue weighted by Crippen LogP contribution is -2.45. The molecule has 8 heteroatoms. The van der Waals surface area contributed by atoms with Crippen molar-refractivity contribution in [3.8, 4) is 5.75 Å². The predicted octanol–water partition coefficient (Wildman–Crippen LogP) is 1.68. The van der Waals surface area contributed by atoms with Crippen LogP contribution in [-0.4, -0.2) is 46.2 Å². The van der Waals surface area contributed by atoms with Gasteiger partial charge in [-0.3, -0.25) is 4.79 Å². The van der Waals surface area contributed by atoms with Gasteiger partial charge >= 0.3 is 0 Å². The normalized spacial score (nSPS) is 12.8. The highest BCUT2D eigenvalue weighted by Gasteiger charge is 2.21. The smallest absolute Gasteiger partial charge is 0.241 e. The molecule has 7 nitrogen and oxygen atoms in total. The van der Waals surface area contributed by atoms with Gasteiger partial charge in [-0.05, 0) is 58.4 Å². The monoisotopic (exact) mass is 372 g/mol. The average molecular weight is 372 g/mol. The minimum atomic E-state index is -3.77. The van der Waals surface area contributed by atoms with E-state index in [0.717, 1.165) is 0 Å². The van der Waals surface area contributed by atoms with Gasteiger partial charge in [0.05, 0.1) is 23.6 Å². The molecular formula is C17H28N2O5S. The first-order chi connectivity index (χ1) is 11.8. The highest BCUT2D eigenvalue weighted by Crippen LogP contribution is 2.16. The molecule has 0 aliphatic rings. The van der Waals surface area contributed by atoms with Crippen molar-refractivity contribution in [1.82, 2.24) is 10.0 Å². The third kappa shape index (κ3) is 7.85. The van der Waals surface area contributed by atoms with Crippen LogP contribution in [0.15, 0.2) is 29.2 Å². The summed E-state index contributed by atoms with van der Waals surface area (Å²) >= 11 is 0. The van der Waals surface area contributed by atoms with Crippen LogP contribution in [0.3, 0.4) is 0 Å². The molecule has 0 saturated heterocycles. The maximum Gasteiger partial charge on any atom is 0.241 e. The van der Waals surface area contributed by atoms with Crippen molar-refractivity contribution >= 4 is 15.9 Å². The lowest BCUT2D eigenvalue weighted by atomic mass is 10.3. The molecule has 1 rings (SSSR count). The molecule has 0 aliphatic heterocycles. The first-order valence-corrected chi connectivity index (χ1v) is 9.89.